The first kappa shape index (κ1) is 18.8. The fourth-order valence-corrected chi connectivity index (χ4v) is 3.83. The largest absolute Gasteiger partial charge is 0.379 e. The Morgan fingerprint density at radius 2 is 1.96 bits per heavy atom. The molecule has 1 aromatic carbocycles. The number of carbonyl (C=O) groups is 1. The summed E-state index contributed by atoms with van der Waals surface area (Å²) < 4.78 is 44.1. The van der Waals surface area contributed by atoms with E-state index in [0.29, 0.717) is 44.7 Å². The molecule has 0 unspecified atom stereocenters. The van der Waals surface area contributed by atoms with Crippen LogP contribution in [0.4, 0.5) is 4.39 Å². The fraction of sp³-hybridized carbons (Fsp3) is 0.562. The Balaban J connectivity index is 1.65. The summed E-state index contributed by atoms with van der Waals surface area (Å²) in [6.07, 6.45) is 1.24. The third-order valence-corrected chi connectivity index (χ3v) is 5.73. The number of halogens is 1. The van der Waals surface area contributed by atoms with Crippen molar-refractivity contribution in [1.82, 2.24) is 9.62 Å². The molecule has 1 aliphatic rings. The number of hydrogen-bond acceptors (Lipinski definition) is 4. The molecule has 134 valence electrons. The van der Waals surface area contributed by atoms with Crippen molar-refractivity contribution in [3.63, 3.8) is 0 Å². The summed E-state index contributed by atoms with van der Waals surface area (Å²) in [4.78, 5) is 11.7. The predicted octanol–water partition coefficient (Wildman–Crippen LogP) is 0.927. The minimum atomic E-state index is -3.36. The zero-order valence-electron chi connectivity index (χ0n) is 13.5. The van der Waals surface area contributed by atoms with E-state index in [9.17, 15) is 17.6 Å². The molecule has 0 bridgehead atoms. The Morgan fingerprint density at radius 3 is 2.67 bits per heavy atom. The van der Waals surface area contributed by atoms with Crippen molar-refractivity contribution < 1.29 is 22.3 Å². The second-order valence-corrected chi connectivity index (χ2v) is 7.71. The lowest BCUT2D eigenvalue weighted by atomic mass is 10.1. The number of nitrogens with zero attached hydrogens (tertiary/aromatic N) is 1. The highest BCUT2D eigenvalue weighted by Crippen LogP contribution is 2.10. The van der Waals surface area contributed by atoms with Crippen LogP contribution in [0.1, 0.15) is 18.4 Å². The third kappa shape index (κ3) is 5.85. The standard InChI is InChI=1S/C16H23FN2O4S/c17-15-6-2-1-4-14(15)5-3-7-16(20)18-8-13-24(21,22)19-9-11-23-12-10-19/h1-2,4,6H,3,5,7-13H2,(H,18,20). The van der Waals surface area contributed by atoms with Gasteiger partial charge in [-0.3, -0.25) is 4.79 Å². The number of sulfonamides is 1. The average molecular weight is 358 g/mol. The number of morpholine rings is 1. The van der Waals surface area contributed by atoms with Crippen LogP contribution in [0.15, 0.2) is 24.3 Å². The van der Waals surface area contributed by atoms with Crippen LogP contribution in [-0.2, 0) is 26.0 Å². The zero-order chi connectivity index (χ0) is 17.4. The first-order valence-corrected chi connectivity index (χ1v) is 9.65. The molecular formula is C16H23FN2O4S. The maximum absolute atomic E-state index is 13.4. The Kier molecular flexibility index (Phi) is 7.14. The number of ether oxygens (including phenoxy) is 1. The van der Waals surface area contributed by atoms with E-state index in [0.717, 1.165) is 0 Å². The van der Waals surface area contributed by atoms with Gasteiger partial charge < -0.3 is 10.1 Å². The highest BCUT2D eigenvalue weighted by atomic mass is 32.2. The molecule has 0 saturated carbocycles. The molecule has 1 N–H and O–H groups in total. The molecule has 8 heteroatoms. The van der Waals surface area contributed by atoms with E-state index in [4.69, 9.17) is 4.74 Å². The van der Waals surface area contributed by atoms with Gasteiger partial charge in [0.25, 0.3) is 0 Å². The number of amides is 1. The summed E-state index contributed by atoms with van der Waals surface area (Å²) in [7, 11) is -3.36. The van der Waals surface area contributed by atoms with Gasteiger partial charge in [0.05, 0.1) is 19.0 Å². The number of carbonyl (C=O) groups excluding carboxylic acids is 1. The van der Waals surface area contributed by atoms with Crippen LogP contribution in [-0.4, -0.2) is 57.2 Å². The van der Waals surface area contributed by atoms with Gasteiger partial charge in [-0.25, -0.2) is 12.8 Å². The van der Waals surface area contributed by atoms with Crippen molar-refractivity contribution in [2.24, 2.45) is 0 Å². The van der Waals surface area contributed by atoms with Crippen molar-refractivity contribution in [1.29, 1.82) is 0 Å². The number of benzene rings is 1. The predicted molar refractivity (Wildman–Crippen MR) is 88.5 cm³/mol. The van der Waals surface area contributed by atoms with Gasteiger partial charge in [0.15, 0.2) is 0 Å². The molecule has 0 aromatic heterocycles. The lowest BCUT2D eigenvalue weighted by Gasteiger charge is -2.26. The molecule has 1 fully saturated rings. The molecule has 24 heavy (non-hydrogen) atoms. The number of rotatable bonds is 8. The molecule has 1 aliphatic heterocycles. The maximum atomic E-state index is 13.4. The minimum absolute atomic E-state index is 0.0816. The van der Waals surface area contributed by atoms with E-state index in [-0.39, 0.29) is 30.4 Å². The quantitative estimate of drug-likeness (QED) is 0.750. The van der Waals surface area contributed by atoms with E-state index >= 15 is 0 Å². The molecule has 0 radical (unpaired) electrons. The Labute approximate surface area is 142 Å². The van der Waals surface area contributed by atoms with Crippen LogP contribution in [0, 0.1) is 5.82 Å². The monoisotopic (exact) mass is 358 g/mol. The molecule has 1 amide bonds. The van der Waals surface area contributed by atoms with Gasteiger partial charge in [-0.1, -0.05) is 18.2 Å². The second-order valence-electron chi connectivity index (χ2n) is 5.62. The summed E-state index contributed by atoms with van der Waals surface area (Å²) in [6, 6.07) is 6.48. The van der Waals surface area contributed by atoms with Crippen molar-refractivity contribution in [3.8, 4) is 0 Å². The van der Waals surface area contributed by atoms with Gasteiger partial charge in [-0.15, -0.1) is 0 Å². The normalized spacial score (nSPS) is 16.0. The molecule has 0 spiro atoms. The van der Waals surface area contributed by atoms with Crippen LogP contribution < -0.4 is 5.32 Å². The van der Waals surface area contributed by atoms with Crippen molar-refractivity contribution in [2.45, 2.75) is 19.3 Å². The molecule has 0 aliphatic carbocycles. The van der Waals surface area contributed by atoms with Crippen LogP contribution in [0.5, 0.6) is 0 Å². The summed E-state index contributed by atoms with van der Waals surface area (Å²) >= 11 is 0. The summed E-state index contributed by atoms with van der Waals surface area (Å²) in [5.41, 5.74) is 0.584. The maximum Gasteiger partial charge on any atom is 0.220 e. The van der Waals surface area contributed by atoms with Gasteiger partial charge in [0.1, 0.15) is 5.82 Å². The van der Waals surface area contributed by atoms with Crippen molar-refractivity contribution in [2.75, 3.05) is 38.6 Å². The van der Waals surface area contributed by atoms with Gasteiger partial charge in [-0.2, -0.15) is 4.31 Å². The summed E-state index contributed by atoms with van der Waals surface area (Å²) in [5.74, 6) is -0.607. The summed E-state index contributed by atoms with van der Waals surface area (Å²) in [6.45, 7) is 1.61. The van der Waals surface area contributed by atoms with E-state index in [1.54, 1.807) is 18.2 Å². The van der Waals surface area contributed by atoms with Crippen molar-refractivity contribution in [3.05, 3.63) is 35.6 Å². The van der Waals surface area contributed by atoms with E-state index in [2.05, 4.69) is 5.32 Å². The van der Waals surface area contributed by atoms with E-state index in [1.165, 1.54) is 10.4 Å². The fourth-order valence-electron chi connectivity index (χ4n) is 2.50. The molecule has 0 atom stereocenters. The molecule has 6 nitrogen and oxygen atoms in total. The molecule has 1 heterocycles. The first-order valence-electron chi connectivity index (χ1n) is 8.05. The zero-order valence-corrected chi connectivity index (χ0v) is 14.4. The van der Waals surface area contributed by atoms with Crippen LogP contribution in [0.25, 0.3) is 0 Å². The van der Waals surface area contributed by atoms with E-state index in [1.807, 2.05) is 0 Å². The lowest BCUT2D eigenvalue weighted by Crippen LogP contribution is -2.43. The smallest absolute Gasteiger partial charge is 0.220 e. The molecule has 1 saturated heterocycles. The van der Waals surface area contributed by atoms with Gasteiger partial charge in [0.2, 0.25) is 15.9 Å². The topological polar surface area (TPSA) is 75.7 Å². The lowest BCUT2D eigenvalue weighted by molar-refractivity contribution is -0.121. The van der Waals surface area contributed by atoms with Gasteiger partial charge in [-0.05, 0) is 24.5 Å². The van der Waals surface area contributed by atoms with Crippen molar-refractivity contribution >= 4 is 15.9 Å². The summed E-state index contributed by atoms with van der Waals surface area (Å²) in [5, 5.41) is 2.61. The Morgan fingerprint density at radius 1 is 1.25 bits per heavy atom. The van der Waals surface area contributed by atoms with Gasteiger partial charge in [0, 0.05) is 26.1 Å². The van der Waals surface area contributed by atoms with Crippen LogP contribution in [0.2, 0.25) is 0 Å². The Hall–Kier alpha value is -1.51. The number of aryl methyl sites for hydroxylation is 1. The van der Waals surface area contributed by atoms with Crippen LogP contribution >= 0.6 is 0 Å². The van der Waals surface area contributed by atoms with Crippen LogP contribution in [0.3, 0.4) is 0 Å². The number of hydrogen-bond donors (Lipinski definition) is 1. The minimum Gasteiger partial charge on any atom is -0.379 e. The molecular weight excluding hydrogens is 335 g/mol. The molecule has 1 aromatic rings. The first-order chi connectivity index (χ1) is 11.5. The second kappa shape index (κ2) is 9.10. The number of nitrogens with one attached hydrogen (secondary N) is 1. The third-order valence-electron chi connectivity index (χ3n) is 3.85. The SMILES string of the molecule is O=C(CCCc1ccccc1F)NCCS(=O)(=O)N1CCOCC1. The highest BCUT2D eigenvalue weighted by molar-refractivity contribution is 7.89. The Bertz CT molecular complexity index is 645. The average Bonchev–Trinajstić information content (AvgIpc) is 2.57. The molecule has 2 rings (SSSR count). The van der Waals surface area contributed by atoms with E-state index < -0.39 is 10.0 Å². The highest BCUT2D eigenvalue weighted by Gasteiger charge is 2.23. The van der Waals surface area contributed by atoms with Gasteiger partial charge >= 0.3 is 0 Å².